The van der Waals surface area contributed by atoms with Gasteiger partial charge in [0.15, 0.2) is 0 Å². The predicted octanol–water partition coefficient (Wildman–Crippen LogP) is 1.72. The van der Waals surface area contributed by atoms with Gasteiger partial charge in [-0.3, -0.25) is 4.79 Å². The van der Waals surface area contributed by atoms with Gasteiger partial charge in [-0.1, -0.05) is 23.8 Å². The number of rotatable bonds is 4. The monoisotopic (exact) mass is 242 g/mol. The van der Waals surface area contributed by atoms with Crippen LogP contribution in [-0.2, 0) is 0 Å². The molecule has 0 heterocycles. The summed E-state index contributed by atoms with van der Waals surface area (Å²) >= 11 is 5.57. The summed E-state index contributed by atoms with van der Waals surface area (Å²) in [7, 11) is 0. The first-order chi connectivity index (χ1) is 7.65. The molecule has 0 aromatic heterocycles. The molecule has 0 atom stereocenters. The summed E-state index contributed by atoms with van der Waals surface area (Å²) < 4.78 is 13.3. The number of hydrogen-bond donors (Lipinski definition) is 2. The van der Waals surface area contributed by atoms with E-state index in [2.05, 4.69) is 5.32 Å². The highest BCUT2D eigenvalue weighted by Crippen LogP contribution is 2.14. The van der Waals surface area contributed by atoms with Crippen LogP contribution in [0.3, 0.4) is 0 Å². The SMILES string of the molecule is NC/C=C/CNC(=O)c1ccc(Cl)cc1F. The number of nitrogens with two attached hydrogens (primary N) is 1. The molecular weight excluding hydrogens is 231 g/mol. The van der Waals surface area contributed by atoms with Crippen LogP contribution in [0.2, 0.25) is 5.02 Å². The molecule has 5 heteroatoms. The summed E-state index contributed by atoms with van der Waals surface area (Å²) in [5.41, 5.74) is 5.20. The molecule has 0 bridgehead atoms. The lowest BCUT2D eigenvalue weighted by atomic mass is 10.2. The lowest BCUT2D eigenvalue weighted by Gasteiger charge is -2.03. The fourth-order valence-corrected chi connectivity index (χ4v) is 1.26. The zero-order valence-electron chi connectivity index (χ0n) is 8.54. The second-order valence-electron chi connectivity index (χ2n) is 3.04. The maximum atomic E-state index is 13.3. The van der Waals surface area contributed by atoms with Gasteiger partial charge in [0.05, 0.1) is 5.56 Å². The Labute approximate surface area is 98.1 Å². The summed E-state index contributed by atoms with van der Waals surface area (Å²) in [6.07, 6.45) is 3.41. The van der Waals surface area contributed by atoms with E-state index in [1.165, 1.54) is 12.1 Å². The molecule has 0 fully saturated rings. The van der Waals surface area contributed by atoms with Crippen molar-refractivity contribution in [3.05, 3.63) is 46.8 Å². The number of benzene rings is 1. The fourth-order valence-electron chi connectivity index (χ4n) is 1.10. The van der Waals surface area contributed by atoms with Crippen molar-refractivity contribution in [2.24, 2.45) is 5.73 Å². The maximum absolute atomic E-state index is 13.3. The van der Waals surface area contributed by atoms with Crippen LogP contribution in [0.5, 0.6) is 0 Å². The summed E-state index contributed by atoms with van der Waals surface area (Å²) in [5.74, 6) is -1.11. The highest BCUT2D eigenvalue weighted by Gasteiger charge is 2.10. The van der Waals surface area contributed by atoms with Crippen LogP contribution >= 0.6 is 11.6 Å². The van der Waals surface area contributed by atoms with E-state index in [0.29, 0.717) is 13.1 Å². The van der Waals surface area contributed by atoms with E-state index in [0.717, 1.165) is 6.07 Å². The molecule has 1 aromatic carbocycles. The molecule has 1 amide bonds. The van der Waals surface area contributed by atoms with Crippen molar-refractivity contribution in [1.29, 1.82) is 0 Å². The molecule has 3 nitrogen and oxygen atoms in total. The Morgan fingerprint density at radius 2 is 2.25 bits per heavy atom. The van der Waals surface area contributed by atoms with Gasteiger partial charge in [0.1, 0.15) is 5.82 Å². The molecule has 16 heavy (non-hydrogen) atoms. The molecular formula is C11H12ClFN2O. The van der Waals surface area contributed by atoms with Gasteiger partial charge >= 0.3 is 0 Å². The molecule has 0 unspecified atom stereocenters. The number of hydrogen-bond acceptors (Lipinski definition) is 2. The van der Waals surface area contributed by atoms with Crippen molar-refractivity contribution < 1.29 is 9.18 Å². The summed E-state index contributed by atoms with van der Waals surface area (Å²) in [6, 6.07) is 3.92. The zero-order valence-corrected chi connectivity index (χ0v) is 9.30. The van der Waals surface area contributed by atoms with Gasteiger partial charge in [0, 0.05) is 18.1 Å². The van der Waals surface area contributed by atoms with Crippen LogP contribution in [0.4, 0.5) is 4.39 Å². The molecule has 0 spiro atoms. The Morgan fingerprint density at radius 1 is 1.50 bits per heavy atom. The standard InChI is InChI=1S/C11H12ClFN2O/c12-8-3-4-9(10(13)7-8)11(16)15-6-2-1-5-14/h1-4,7H,5-6,14H2,(H,15,16)/b2-1+. The quantitative estimate of drug-likeness (QED) is 0.790. The highest BCUT2D eigenvalue weighted by molar-refractivity contribution is 6.30. The van der Waals surface area contributed by atoms with Crippen molar-refractivity contribution >= 4 is 17.5 Å². The molecule has 3 N–H and O–H groups in total. The summed E-state index contributed by atoms with van der Waals surface area (Å²) in [4.78, 5) is 11.5. The smallest absolute Gasteiger partial charge is 0.254 e. The van der Waals surface area contributed by atoms with E-state index in [4.69, 9.17) is 17.3 Å². The number of carbonyl (C=O) groups is 1. The molecule has 0 radical (unpaired) electrons. The van der Waals surface area contributed by atoms with E-state index < -0.39 is 11.7 Å². The Bertz CT molecular complexity index is 407. The largest absolute Gasteiger partial charge is 0.348 e. The Balaban J connectivity index is 2.63. The van der Waals surface area contributed by atoms with Crippen molar-refractivity contribution in [3.63, 3.8) is 0 Å². The van der Waals surface area contributed by atoms with Crippen molar-refractivity contribution in [2.75, 3.05) is 13.1 Å². The van der Waals surface area contributed by atoms with Gasteiger partial charge < -0.3 is 11.1 Å². The Kier molecular flexibility index (Phi) is 4.95. The average Bonchev–Trinajstić information content (AvgIpc) is 2.24. The van der Waals surface area contributed by atoms with Crippen molar-refractivity contribution in [3.8, 4) is 0 Å². The van der Waals surface area contributed by atoms with Gasteiger partial charge in [0.2, 0.25) is 0 Å². The van der Waals surface area contributed by atoms with Crippen LogP contribution in [0.15, 0.2) is 30.4 Å². The molecule has 0 aliphatic rings. The van der Waals surface area contributed by atoms with E-state index in [-0.39, 0.29) is 10.6 Å². The minimum absolute atomic E-state index is 0.0226. The minimum atomic E-state index is -0.632. The third-order valence-corrected chi connectivity index (χ3v) is 2.09. The molecule has 0 saturated heterocycles. The van der Waals surface area contributed by atoms with Crippen LogP contribution < -0.4 is 11.1 Å². The Morgan fingerprint density at radius 3 is 2.88 bits per heavy atom. The lowest BCUT2D eigenvalue weighted by Crippen LogP contribution is -2.24. The highest BCUT2D eigenvalue weighted by atomic mass is 35.5. The van der Waals surface area contributed by atoms with Crippen LogP contribution in [-0.4, -0.2) is 19.0 Å². The molecule has 1 rings (SSSR count). The summed E-state index contributed by atoms with van der Waals surface area (Å²) in [6.45, 7) is 0.725. The normalized spacial score (nSPS) is 10.7. The second kappa shape index (κ2) is 6.25. The molecule has 86 valence electrons. The third-order valence-electron chi connectivity index (χ3n) is 1.86. The Hall–Kier alpha value is -1.39. The number of amides is 1. The number of carbonyl (C=O) groups excluding carboxylic acids is 1. The molecule has 0 aliphatic heterocycles. The van der Waals surface area contributed by atoms with E-state index in [9.17, 15) is 9.18 Å². The van der Waals surface area contributed by atoms with Crippen LogP contribution in [0, 0.1) is 5.82 Å². The third kappa shape index (κ3) is 3.64. The summed E-state index contributed by atoms with van der Waals surface area (Å²) in [5, 5.41) is 2.79. The van der Waals surface area contributed by atoms with E-state index >= 15 is 0 Å². The van der Waals surface area contributed by atoms with Crippen molar-refractivity contribution in [1.82, 2.24) is 5.32 Å². The fraction of sp³-hybridized carbons (Fsp3) is 0.182. The van der Waals surface area contributed by atoms with Crippen LogP contribution in [0.25, 0.3) is 0 Å². The van der Waals surface area contributed by atoms with E-state index in [1.807, 2.05) is 0 Å². The van der Waals surface area contributed by atoms with Crippen molar-refractivity contribution in [2.45, 2.75) is 0 Å². The number of halogens is 2. The zero-order chi connectivity index (χ0) is 12.0. The van der Waals surface area contributed by atoms with Gasteiger partial charge in [-0.15, -0.1) is 0 Å². The first kappa shape index (κ1) is 12.7. The molecule has 0 saturated carbocycles. The minimum Gasteiger partial charge on any atom is -0.348 e. The first-order valence-electron chi connectivity index (χ1n) is 4.73. The average molecular weight is 243 g/mol. The van der Waals surface area contributed by atoms with Gasteiger partial charge in [-0.25, -0.2) is 4.39 Å². The first-order valence-corrected chi connectivity index (χ1v) is 5.11. The lowest BCUT2D eigenvalue weighted by molar-refractivity contribution is 0.0954. The van der Waals surface area contributed by atoms with E-state index in [1.54, 1.807) is 12.2 Å². The molecule has 0 aliphatic carbocycles. The van der Waals surface area contributed by atoms with Gasteiger partial charge in [-0.2, -0.15) is 0 Å². The van der Waals surface area contributed by atoms with Gasteiger partial charge in [-0.05, 0) is 18.2 Å². The second-order valence-corrected chi connectivity index (χ2v) is 3.48. The molecule has 1 aromatic rings. The predicted molar refractivity (Wildman–Crippen MR) is 61.9 cm³/mol. The maximum Gasteiger partial charge on any atom is 0.254 e. The van der Waals surface area contributed by atoms with Gasteiger partial charge in [0.25, 0.3) is 5.91 Å². The van der Waals surface area contributed by atoms with Crippen LogP contribution in [0.1, 0.15) is 10.4 Å². The topological polar surface area (TPSA) is 55.1 Å². The number of nitrogens with one attached hydrogen (secondary N) is 1.